The third kappa shape index (κ3) is 20.0. The molecule has 1 atom stereocenters. The first-order valence-corrected chi connectivity index (χ1v) is 4.90. The van der Waals surface area contributed by atoms with Gasteiger partial charge in [-0.2, -0.15) is 0 Å². The molecule has 0 spiro atoms. The van der Waals surface area contributed by atoms with Gasteiger partial charge in [-0.15, -0.1) is 0 Å². The molecule has 0 saturated heterocycles. The van der Waals surface area contributed by atoms with Crippen molar-refractivity contribution in [3.63, 3.8) is 0 Å². The highest BCUT2D eigenvalue weighted by molar-refractivity contribution is 4.74. The van der Waals surface area contributed by atoms with Crippen molar-refractivity contribution in [2.45, 2.75) is 32.4 Å². The molecular weight excluding hydrogens is 196 g/mol. The SMILES string of the molecule is CC(N)C(C)(C)O.C[N+](C)(C)CCO.[OH-]. The monoisotopic (exact) mass is 224 g/mol. The minimum Gasteiger partial charge on any atom is -0.870 e. The summed E-state index contributed by atoms with van der Waals surface area (Å²) < 4.78 is 0.844. The highest BCUT2D eigenvalue weighted by atomic mass is 16.3. The van der Waals surface area contributed by atoms with Gasteiger partial charge in [-0.1, -0.05) is 0 Å². The second-order valence-corrected chi connectivity index (χ2v) is 5.18. The molecule has 5 heteroatoms. The van der Waals surface area contributed by atoms with E-state index in [1.807, 2.05) is 0 Å². The van der Waals surface area contributed by atoms with Gasteiger partial charge in [0.05, 0.1) is 33.4 Å². The topological polar surface area (TPSA) is 96.5 Å². The number of quaternary nitrogens is 1. The quantitative estimate of drug-likeness (QED) is 0.569. The number of nitrogens with two attached hydrogens (primary N) is 1. The molecule has 1 unspecified atom stereocenters. The van der Waals surface area contributed by atoms with Gasteiger partial charge in [-0.05, 0) is 20.8 Å². The average molecular weight is 224 g/mol. The van der Waals surface area contributed by atoms with E-state index < -0.39 is 5.60 Å². The summed E-state index contributed by atoms with van der Waals surface area (Å²) in [6, 6.07) is -0.146. The van der Waals surface area contributed by atoms with Crippen molar-refractivity contribution in [3.05, 3.63) is 0 Å². The molecule has 0 fully saturated rings. The summed E-state index contributed by atoms with van der Waals surface area (Å²) in [5, 5.41) is 17.4. The van der Waals surface area contributed by atoms with Gasteiger partial charge in [0.15, 0.2) is 0 Å². The Balaban J connectivity index is -0.000000180. The van der Waals surface area contributed by atoms with Crippen LogP contribution in [-0.2, 0) is 0 Å². The normalized spacial score (nSPS) is 13.4. The molecule has 0 radical (unpaired) electrons. The van der Waals surface area contributed by atoms with Gasteiger partial charge in [0, 0.05) is 6.04 Å². The van der Waals surface area contributed by atoms with Crippen LogP contribution in [0.2, 0.25) is 0 Å². The molecular formula is C10H28N2O3. The molecule has 0 bridgehead atoms. The Morgan fingerprint density at radius 3 is 1.53 bits per heavy atom. The fourth-order valence-electron chi connectivity index (χ4n) is 0.300. The van der Waals surface area contributed by atoms with Crippen LogP contribution >= 0.6 is 0 Å². The smallest absolute Gasteiger partial charge is 0.101 e. The Labute approximate surface area is 93.4 Å². The third-order valence-electron chi connectivity index (χ3n) is 1.89. The fraction of sp³-hybridized carbons (Fsp3) is 1.00. The van der Waals surface area contributed by atoms with E-state index >= 15 is 0 Å². The Morgan fingerprint density at radius 2 is 1.53 bits per heavy atom. The first-order valence-electron chi connectivity index (χ1n) is 4.90. The van der Waals surface area contributed by atoms with Crippen LogP contribution in [0.15, 0.2) is 0 Å². The maximum Gasteiger partial charge on any atom is 0.101 e. The Hall–Kier alpha value is -0.200. The van der Waals surface area contributed by atoms with Crippen molar-refractivity contribution in [3.8, 4) is 0 Å². The minimum atomic E-state index is -0.722. The maximum absolute atomic E-state index is 8.97. The van der Waals surface area contributed by atoms with Crippen LogP contribution in [0, 0.1) is 0 Å². The van der Waals surface area contributed by atoms with E-state index in [9.17, 15) is 0 Å². The van der Waals surface area contributed by atoms with Crippen molar-refractivity contribution in [1.82, 2.24) is 0 Å². The highest BCUT2D eigenvalue weighted by Crippen LogP contribution is 2.03. The van der Waals surface area contributed by atoms with Crippen LogP contribution < -0.4 is 5.73 Å². The van der Waals surface area contributed by atoms with Gasteiger partial charge in [-0.3, -0.25) is 0 Å². The molecule has 5 N–H and O–H groups in total. The largest absolute Gasteiger partial charge is 0.870 e. The van der Waals surface area contributed by atoms with Crippen LogP contribution in [-0.4, -0.2) is 66.1 Å². The van der Waals surface area contributed by atoms with Gasteiger partial charge >= 0.3 is 0 Å². The zero-order valence-electron chi connectivity index (χ0n) is 10.9. The molecule has 0 aliphatic carbocycles. The average Bonchev–Trinajstić information content (AvgIpc) is 1.82. The van der Waals surface area contributed by atoms with Gasteiger partial charge in [-0.25, -0.2) is 0 Å². The van der Waals surface area contributed by atoms with Crippen LogP contribution in [0.3, 0.4) is 0 Å². The second kappa shape index (κ2) is 8.01. The lowest BCUT2D eigenvalue weighted by molar-refractivity contribution is -0.870. The zero-order chi connectivity index (χ0) is 12.0. The van der Waals surface area contributed by atoms with Crippen molar-refractivity contribution in [1.29, 1.82) is 0 Å². The molecule has 0 aromatic carbocycles. The van der Waals surface area contributed by atoms with Crippen LogP contribution in [0.1, 0.15) is 20.8 Å². The molecule has 5 nitrogen and oxygen atoms in total. The molecule has 0 amide bonds. The van der Waals surface area contributed by atoms with Gasteiger partial charge in [0.2, 0.25) is 0 Å². The number of nitrogens with zero attached hydrogens (tertiary/aromatic N) is 1. The number of rotatable bonds is 3. The van der Waals surface area contributed by atoms with Crippen molar-refractivity contribution < 1.29 is 20.2 Å². The predicted octanol–water partition coefficient (Wildman–Crippen LogP) is -0.387. The predicted molar refractivity (Wildman–Crippen MR) is 61.9 cm³/mol. The standard InChI is InChI=1S/C5H14NO.C5H13NO.H2O/c1-6(2,3)4-5-7;1-4(6)5(2,3)7;/h7H,4-5H2,1-3H3;4,7H,6H2,1-3H3;1H2/q+1;;/p-1. The Bertz CT molecular complexity index is 137. The summed E-state index contributed by atoms with van der Waals surface area (Å²) >= 11 is 0. The highest BCUT2D eigenvalue weighted by Gasteiger charge is 2.16. The van der Waals surface area contributed by atoms with E-state index in [4.69, 9.17) is 15.9 Å². The van der Waals surface area contributed by atoms with Crippen LogP contribution in [0.5, 0.6) is 0 Å². The fourth-order valence-corrected chi connectivity index (χ4v) is 0.300. The van der Waals surface area contributed by atoms with E-state index in [-0.39, 0.29) is 18.1 Å². The lowest BCUT2D eigenvalue weighted by Crippen LogP contribution is -2.40. The number of likely N-dealkylation sites (N-methyl/N-ethyl adjacent to an activating group) is 1. The molecule has 0 saturated carbocycles. The molecule has 0 aliphatic heterocycles. The summed E-state index contributed by atoms with van der Waals surface area (Å²) in [5.74, 6) is 0. The molecule has 0 aromatic heterocycles. The summed E-state index contributed by atoms with van der Waals surface area (Å²) in [5.41, 5.74) is 4.60. The van der Waals surface area contributed by atoms with Crippen LogP contribution in [0.25, 0.3) is 0 Å². The van der Waals surface area contributed by atoms with E-state index in [0.717, 1.165) is 11.0 Å². The molecule has 0 rings (SSSR count). The molecule has 0 aliphatic rings. The molecule has 15 heavy (non-hydrogen) atoms. The van der Waals surface area contributed by atoms with Crippen molar-refractivity contribution in [2.75, 3.05) is 34.3 Å². The molecule has 0 heterocycles. The minimum absolute atomic E-state index is 0. The maximum atomic E-state index is 8.97. The summed E-state index contributed by atoms with van der Waals surface area (Å²) in [4.78, 5) is 0. The molecule has 0 aromatic rings. The lowest BCUT2D eigenvalue weighted by atomic mass is 10.0. The van der Waals surface area contributed by atoms with Crippen molar-refractivity contribution >= 4 is 0 Å². The number of hydrogen-bond acceptors (Lipinski definition) is 4. The van der Waals surface area contributed by atoms with E-state index in [2.05, 4.69) is 21.1 Å². The second-order valence-electron chi connectivity index (χ2n) is 5.18. The van der Waals surface area contributed by atoms with Crippen molar-refractivity contribution in [2.24, 2.45) is 5.73 Å². The number of aliphatic hydroxyl groups excluding tert-OH is 1. The first kappa shape index (κ1) is 20.2. The summed E-state index contributed by atoms with van der Waals surface area (Å²) in [6.45, 7) is 6.28. The summed E-state index contributed by atoms with van der Waals surface area (Å²) in [6.07, 6.45) is 0. The number of aliphatic hydroxyl groups is 2. The van der Waals surface area contributed by atoms with E-state index in [1.54, 1.807) is 20.8 Å². The molecule has 96 valence electrons. The lowest BCUT2D eigenvalue weighted by Gasteiger charge is -2.21. The third-order valence-corrected chi connectivity index (χ3v) is 1.89. The van der Waals surface area contributed by atoms with Gasteiger partial charge in [0.25, 0.3) is 0 Å². The Morgan fingerprint density at radius 1 is 1.27 bits per heavy atom. The van der Waals surface area contributed by atoms with E-state index in [0.29, 0.717) is 0 Å². The van der Waals surface area contributed by atoms with Gasteiger partial charge < -0.3 is 25.9 Å². The first-order chi connectivity index (χ1) is 6.00. The number of hydrogen-bond donors (Lipinski definition) is 3. The van der Waals surface area contributed by atoms with Crippen LogP contribution in [0.4, 0.5) is 0 Å². The summed E-state index contributed by atoms with van der Waals surface area (Å²) in [7, 11) is 6.16. The zero-order valence-corrected chi connectivity index (χ0v) is 10.9. The van der Waals surface area contributed by atoms with Gasteiger partial charge in [0.1, 0.15) is 6.54 Å². The Kier molecular flexibility index (Phi) is 10.8. The van der Waals surface area contributed by atoms with E-state index in [1.165, 1.54) is 0 Å².